The van der Waals surface area contributed by atoms with Gasteiger partial charge in [0.2, 0.25) is 0 Å². The summed E-state index contributed by atoms with van der Waals surface area (Å²) in [7, 11) is 3.00. The van der Waals surface area contributed by atoms with E-state index in [0.29, 0.717) is 33.6 Å². The Morgan fingerprint density at radius 2 is 1.70 bits per heavy atom. The van der Waals surface area contributed by atoms with E-state index in [4.69, 9.17) is 9.47 Å². The minimum absolute atomic E-state index is 0.0686. The van der Waals surface area contributed by atoms with Gasteiger partial charge in [-0.2, -0.15) is 13.2 Å². The lowest BCUT2D eigenvalue weighted by atomic mass is 10.1. The van der Waals surface area contributed by atoms with Crippen molar-refractivity contribution < 1.29 is 27.4 Å². The zero-order chi connectivity index (χ0) is 26.4. The molecule has 0 aliphatic rings. The number of para-hydroxylation sites is 1. The second-order valence-electron chi connectivity index (χ2n) is 7.81. The zero-order valence-electron chi connectivity index (χ0n) is 20.0. The third-order valence-corrected chi connectivity index (χ3v) is 6.39. The summed E-state index contributed by atoms with van der Waals surface area (Å²) in [6.45, 7) is 0.0686. The summed E-state index contributed by atoms with van der Waals surface area (Å²) in [5, 5.41) is 11.8. The van der Waals surface area contributed by atoms with Crippen LogP contribution in [0.4, 0.5) is 13.2 Å². The van der Waals surface area contributed by atoms with Gasteiger partial charge in [0.1, 0.15) is 0 Å². The summed E-state index contributed by atoms with van der Waals surface area (Å²) < 4.78 is 51.5. The number of halogens is 3. The number of aromatic nitrogens is 3. The maximum Gasteiger partial charge on any atom is 0.416 e. The number of amides is 1. The fraction of sp³-hybridized carbons (Fsp3) is 0.192. The molecule has 3 aromatic carbocycles. The van der Waals surface area contributed by atoms with E-state index >= 15 is 0 Å². The molecule has 1 aromatic heterocycles. The lowest BCUT2D eigenvalue weighted by Crippen LogP contribution is -2.24. The first kappa shape index (κ1) is 26.1. The number of benzene rings is 3. The second kappa shape index (κ2) is 11.4. The summed E-state index contributed by atoms with van der Waals surface area (Å²) in [5.74, 6) is 1.31. The molecule has 0 saturated carbocycles. The molecule has 7 nitrogen and oxygen atoms in total. The number of nitrogens with zero attached hydrogens (tertiary/aromatic N) is 3. The molecule has 0 radical (unpaired) electrons. The molecule has 0 aliphatic carbocycles. The SMILES string of the molecule is COc1ccc(C(=O)NCc2nnc(SCc3cccc(C(F)(F)F)c3)n2-c2ccccc2)cc1OC. The molecular formula is C26H23F3N4O3S. The molecule has 11 heteroatoms. The smallest absolute Gasteiger partial charge is 0.416 e. The van der Waals surface area contributed by atoms with Crippen molar-refractivity contribution >= 4 is 17.7 Å². The Kier molecular flexibility index (Phi) is 8.02. The number of carbonyl (C=O) groups excluding carboxylic acids is 1. The van der Waals surface area contributed by atoms with Gasteiger partial charge in [0, 0.05) is 17.0 Å². The van der Waals surface area contributed by atoms with E-state index in [0.717, 1.165) is 17.8 Å². The van der Waals surface area contributed by atoms with Crippen LogP contribution in [0.1, 0.15) is 27.3 Å². The minimum atomic E-state index is -4.41. The first-order valence-electron chi connectivity index (χ1n) is 11.1. The van der Waals surface area contributed by atoms with Gasteiger partial charge in [-0.1, -0.05) is 48.2 Å². The molecule has 0 saturated heterocycles. The third-order valence-electron chi connectivity index (χ3n) is 5.39. The van der Waals surface area contributed by atoms with Gasteiger partial charge >= 0.3 is 6.18 Å². The Hall–Kier alpha value is -3.99. The van der Waals surface area contributed by atoms with Gasteiger partial charge in [0.15, 0.2) is 22.5 Å². The molecule has 1 amide bonds. The molecule has 4 rings (SSSR count). The minimum Gasteiger partial charge on any atom is -0.493 e. The Morgan fingerprint density at radius 1 is 0.946 bits per heavy atom. The van der Waals surface area contributed by atoms with E-state index in [9.17, 15) is 18.0 Å². The van der Waals surface area contributed by atoms with Crippen LogP contribution in [-0.4, -0.2) is 34.9 Å². The van der Waals surface area contributed by atoms with Crippen LogP contribution in [0.5, 0.6) is 11.5 Å². The van der Waals surface area contributed by atoms with Crippen molar-refractivity contribution in [2.75, 3.05) is 14.2 Å². The van der Waals surface area contributed by atoms with Crippen molar-refractivity contribution in [3.63, 3.8) is 0 Å². The van der Waals surface area contributed by atoms with Gasteiger partial charge in [-0.25, -0.2) is 0 Å². The van der Waals surface area contributed by atoms with E-state index in [1.807, 2.05) is 30.3 Å². The lowest BCUT2D eigenvalue weighted by Gasteiger charge is -2.12. The summed E-state index contributed by atoms with van der Waals surface area (Å²) in [6, 6.07) is 19.3. The number of hydrogen-bond donors (Lipinski definition) is 1. The van der Waals surface area contributed by atoms with Gasteiger partial charge in [-0.05, 0) is 42.0 Å². The van der Waals surface area contributed by atoms with E-state index in [1.165, 1.54) is 32.0 Å². The Labute approximate surface area is 215 Å². The molecule has 0 atom stereocenters. The number of carbonyl (C=O) groups is 1. The van der Waals surface area contributed by atoms with Gasteiger partial charge < -0.3 is 14.8 Å². The normalized spacial score (nSPS) is 11.3. The second-order valence-corrected chi connectivity index (χ2v) is 8.75. The number of thioether (sulfide) groups is 1. The van der Waals surface area contributed by atoms with Crippen molar-refractivity contribution in [3.8, 4) is 17.2 Å². The molecule has 0 aliphatic heterocycles. The monoisotopic (exact) mass is 528 g/mol. The predicted octanol–water partition coefficient (Wildman–Crippen LogP) is 5.53. The average Bonchev–Trinajstić information content (AvgIpc) is 3.33. The highest BCUT2D eigenvalue weighted by Gasteiger charge is 2.30. The number of alkyl halides is 3. The molecule has 0 unspecified atom stereocenters. The first-order chi connectivity index (χ1) is 17.8. The summed E-state index contributed by atoms with van der Waals surface area (Å²) >= 11 is 1.25. The molecule has 1 N–H and O–H groups in total. The standard InChI is InChI=1S/C26H23F3N4O3S/c1-35-21-12-11-18(14-22(21)36-2)24(34)30-15-23-31-32-25(33(23)20-9-4-3-5-10-20)37-16-17-7-6-8-19(13-17)26(27,28)29/h3-14H,15-16H2,1-2H3,(H,30,34). The van der Waals surface area contributed by atoms with Crippen molar-refractivity contribution in [2.45, 2.75) is 23.6 Å². The van der Waals surface area contributed by atoms with Gasteiger partial charge in [0.25, 0.3) is 5.91 Å². The summed E-state index contributed by atoms with van der Waals surface area (Å²) in [4.78, 5) is 12.8. The van der Waals surface area contributed by atoms with Gasteiger partial charge in [0.05, 0.1) is 26.3 Å². The van der Waals surface area contributed by atoms with Crippen LogP contribution in [0.3, 0.4) is 0 Å². The highest BCUT2D eigenvalue weighted by atomic mass is 32.2. The number of rotatable bonds is 9. The van der Waals surface area contributed by atoms with Crippen molar-refractivity contribution in [2.24, 2.45) is 0 Å². The van der Waals surface area contributed by atoms with Gasteiger partial charge in [-0.15, -0.1) is 10.2 Å². The van der Waals surface area contributed by atoms with Crippen molar-refractivity contribution in [1.29, 1.82) is 0 Å². The van der Waals surface area contributed by atoms with E-state index < -0.39 is 11.7 Å². The first-order valence-corrected chi connectivity index (χ1v) is 12.1. The quantitative estimate of drug-likeness (QED) is 0.288. The highest BCUT2D eigenvalue weighted by molar-refractivity contribution is 7.98. The lowest BCUT2D eigenvalue weighted by molar-refractivity contribution is -0.137. The maximum absolute atomic E-state index is 13.1. The van der Waals surface area contributed by atoms with Crippen LogP contribution < -0.4 is 14.8 Å². The summed E-state index contributed by atoms with van der Waals surface area (Å²) in [5.41, 5.74) is 0.941. The summed E-state index contributed by atoms with van der Waals surface area (Å²) in [6.07, 6.45) is -4.41. The van der Waals surface area contributed by atoms with Crippen molar-refractivity contribution in [3.05, 3.63) is 95.3 Å². The predicted molar refractivity (Wildman–Crippen MR) is 133 cm³/mol. The van der Waals surface area contributed by atoms with Crippen LogP contribution in [-0.2, 0) is 18.5 Å². The molecule has 0 bridgehead atoms. The zero-order valence-corrected chi connectivity index (χ0v) is 20.8. The Balaban J connectivity index is 1.54. The molecule has 0 spiro atoms. The fourth-order valence-electron chi connectivity index (χ4n) is 3.57. The third kappa shape index (κ3) is 6.23. The molecule has 192 valence electrons. The van der Waals surface area contributed by atoms with E-state index in [2.05, 4.69) is 15.5 Å². The topological polar surface area (TPSA) is 78.3 Å². The largest absolute Gasteiger partial charge is 0.493 e. The Bertz CT molecular complexity index is 1380. The molecule has 0 fully saturated rings. The molecular weight excluding hydrogens is 505 g/mol. The number of hydrogen-bond acceptors (Lipinski definition) is 6. The maximum atomic E-state index is 13.1. The number of nitrogens with one attached hydrogen (secondary N) is 1. The molecule has 37 heavy (non-hydrogen) atoms. The molecule has 4 aromatic rings. The van der Waals surface area contributed by atoms with E-state index in [-0.39, 0.29) is 18.2 Å². The number of methoxy groups -OCH3 is 2. The van der Waals surface area contributed by atoms with Crippen LogP contribution >= 0.6 is 11.8 Å². The number of ether oxygens (including phenoxy) is 2. The van der Waals surface area contributed by atoms with Gasteiger partial charge in [-0.3, -0.25) is 9.36 Å². The van der Waals surface area contributed by atoms with E-state index in [1.54, 1.807) is 28.8 Å². The van der Waals surface area contributed by atoms with Crippen LogP contribution in [0, 0.1) is 0 Å². The van der Waals surface area contributed by atoms with Crippen LogP contribution in [0.2, 0.25) is 0 Å². The Morgan fingerprint density at radius 3 is 2.41 bits per heavy atom. The van der Waals surface area contributed by atoms with Crippen molar-refractivity contribution in [1.82, 2.24) is 20.1 Å². The average molecular weight is 529 g/mol. The fourth-order valence-corrected chi connectivity index (χ4v) is 4.48. The molecule has 1 heterocycles. The van der Waals surface area contributed by atoms with Crippen LogP contribution in [0.25, 0.3) is 5.69 Å². The van der Waals surface area contributed by atoms with Crippen LogP contribution in [0.15, 0.2) is 78.0 Å². The highest BCUT2D eigenvalue weighted by Crippen LogP contribution is 2.32.